The minimum atomic E-state index is -0.326. The van der Waals surface area contributed by atoms with Crippen molar-refractivity contribution < 1.29 is 9.59 Å². The predicted molar refractivity (Wildman–Crippen MR) is 39.0 cm³/mol. The van der Waals surface area contributed by atoms with E-state index < -0.39 is 0 Å². The van der Waals surface area contributed by atoms with E-state index in [2.05, 4.69) is 4.99 Å². The number of aliphatic imine (C=N–C) groups is 1. The number of carbonyl (C=O) groups is 2. The normalized spacial score (nSPS) is 17.5. The van der Waals surface area contributed by atoms with Crippen LogP contribution in [0.3, 0.4) is 0 Å². The number of carbonyl (C=O) groups excluding carboxylic acids is 2. The minimum absolute atomic E-state index is 0.137. The molecule has 0 saturated carbocycles. The van der Waals surface area contributed by atoms with Gasteiger partial charge in [-0.1, -0.05) is 0 Å². The monoisotopic (exact) mass is 155 g/mol. The van der Waals surface area contributed by atoms with Crippen molar-refractivity contribution in [1.82, 2.24) is 9.80 Å². The van der Waals surface area contributed by atoms with Crippen LogP contribution in [0.5, 0.6) is 0 Å². The van der Waals surface area contributed by atoms with Gasteiger partial charge in [-0.25, -0.2) is 9.69 Å². The molecule has 0 aliphatic carbocycles. The molecule has 1 heterocycles. The summed E-state index contributed by atoms with van der Waals surface area (Å²) in [6, 6.07) is -0.326. The van der Waals surface area contributed by atoms with Crippen LogP contribution in [0.2, 0.25) is 0 Å². The lowest BCUT2D eigenvalue weighted by atomic mass is 10.5. The van der Waals surface area contributed by atoms with Crippen LogP contribution >= 0.6 is 0 Å². The molecule has 0 bridgehead atoms. The molecule has 0 unspecified atom stereocenters. The molecule has 0 radical (unpaired) electrons. The molecule has 0 saturated heterocycles. The Kier molecular flexibility index (Phi) is 1.89. The van der Waals surface area contributed by atoms with Gasteiger partial charge in [-0.15, -0.1) is 0 Å². The van der Waals surface area contributed by atoms with Gasteiger partial charge in [0, 0.05) is 14.0 Å². The van der Waals surface area contributed by atoms with Crippen LogP contribution in [0.25, 0.3) is 0 Å². The topological polar surface area (TPSA) is 53.0 Å². The summed E-state index contributed by atoms with van der Waals surface area (Å²) in [6.07, 6.45) is 1.40. The molecule has 1 rings (SSSR count). The summed E-state index contributed by atoms with van der Waals surface area (Å²) in [7, 11) is 1.56. The number of rotatable bonds is 0. The molecule has 0 aromatic carbocycles. The van der Waals surface area contributed by atoms with Crippen molar-refractivity contribution in [1.29, 1.82) is 0 Å². The Bertz CT molecular complexity index is 224. The molecule has 1 aliphatic heterocycles. The summed E-state index contributed by atoms with van der Waals surface area (Å²) in [5.41, 5.74) is 0. The Balaban J connectivity index is 2.78. The van der Waals surface area contributed by atoms with Gasteiger partial charge in [0.1, 0.15) is 6.67 Å². The molecule has 0 aromatic rings. The van der Waals surface area contributed by atoms with Crippen LogP contribution in [-0.2, 0) is 4.79 Å². The quantitative estimate of drug-likeness (QED) is 0.490. The van der Waals surface area contributed by atoms with Gasteiger partial charge < -0.3 is 0 Å². The summed E-state index contributed by atoms with van der Waals surface area (Å²) in [5.74, 6) is -0.279. The van der Waals surface area contributed by atoms with Gasteiger partial charge in [0.15, 0.2) is 0 Å². The Morgan fingerprint density at radius 1 is 1.73 bits per heavy atom. The third-order valence-corrected chi connectivity index (χ3v) is 1.39. The first-order valence-corrected chi connectivity index (χ1v) is 3.18. The zero-order valence-electron chi connectivity index (χ0n) is 6.44. The van der Waals surface area contributed by atoms with Gasteiger partial charge in [-0.05, 0) is 0 Å². The van der Waals surface area contributed by atoms with E-state index >= 15 is 0 Å². The van der Waals surface area contributed by atoms with Gasteiger partial charge in [0.25, 0.3) is 0 Å². The summed E-state index contributed by atoms with van der Waals surface area (Å²) in [4.78, 5) is 28.0. The molecule has 11 heavy (non-hydrogen) atoms. The van der Waals surface area contributed by atoms with E-state index in [0.29, 0.717) is 0 Å². The molecular weight excluding hydrogens is 146 g/mol. The molecule has 0 fully saturated rings. The zero-order valence-corrected chi connectivity index (χ0v) is 6.44. The lowest BCUT2D eigenvalue weighted by molar-refractivity contribution is -0.126. The molecular formula is C6H9N3O2. The van der Waals surface area contributed by atoms with Gasteiger partial charge in [-0.2, -0.15) is 0 Å². The van der Waals surface area contributed by atoms with Crippen molar-refractivity contribution in [3.63, 3.8) is 0 Å². The van der Waals surface area contributed by atoms with Crippen LogP contribution in [0.4, 0.5) is 4.79 Å². The van der Waals surface area contributed by atoms with Crippen LogP contribution in [0, 0.1) is 0 Å². The summed E-state index contributed by atoms with van der Waals surface area (Å²) < 4.78 is 0. The Labute approximate surface area is 64.3 Å². The number of hydrogen-bond acceptors (Lipinski definition) is 3. The maximum Gasteiger partial charge on any atom is 0.333 e. The molecule has 0 aromatic heterocycles. The summed E-state index contributed by atoms with van der Waals surface area (Å²) in [6.45, 7) is 1.48. The number of imide groups is 1. The fourth-order valence-electron chi connectivity index (χ4n) is 0.775. The highest BCUT2D eigenvalue weighted by Gasteiger charge is 2.22. The lowest BCUT2D eigenvalue weighted by Gasteiger charge is -2.25. The van der Waals surface area contributed by atoms with Crippen molar-refractivity contribution >= 4 is 18.3 Å². The van der Waals surface area contributed by atoms with Crippen molar-refractivity contribution in [2.75, 3.05) is 13.7 Å². The largest absolute Gasteiger partial charge is 0.333 e. The Hall–Kier alpha value is -1.39. The van der Waals surface area contributed by atoms with Crippen LogP contribution in [0.1, 0.15) is 6.92 Å². The van der Waals surface area contributed by atoms with E-state index in [1.807, 2.05) is 0 Å². The van der Waals surface area contributed by atoms with E-state index in [1.165, 1.54) is 18.2 Å². The van der Waals surface area contributed by atoms with Gasteiger partial charge in [-0.3, -0.25) is 14.7 Å². The number of urea groups is 1. The SMILES string of the molecule is CC(=O)N1CN=CN(C)C1=O. The van der Waals surface area contributed by atoms with Crippen molar-refractivity contribution in [3.05, 3.63) is 0 Å². The van der Waals surface area contributed by atoms with Crippen molar-refractivity contribution in [3.8, 4) is 0 Å². The van der Waals surface area contributed by atoms with E-state index in [0.717, 1.165) is 4.90 Å². The summed E-state index contributed by atoms with van der Waals surface area (Å²) >= 11 is 0. The Morgan fingerprint density at radius 3 is 2.82 bits per heavy atom. The van der Waals surface area contributed by atoms with Gasteiger partial charge >= 0.3 is 6.03 Å². The van der Waals surface area contributed by atoms with Gasteiger partial charge in [0.2, 0.25) is 5.91 Å². The second kappa shape index (κ2) is 2.69. The standard InChI is InChI=1S/C6H9N3O2/c1-5(10)9-4-7-3-8(2)6(9)11/h3H,4H2,1-2H3. The van der Waals surface area contributed by atoms with E-state index in [4.69, 9.17) is 0 Å². The highest BCUT2D eigenvalue weighted by atomic mass is 16.2. The van der Waals surface area contributed by atoms with Crippen molar-refractivity contribution in [2.45, 2.75) is 6.92 Å². The van der Waals surface area contributed by atoms with Crippen LogP contribution in [0.15, 0.2) is 4.99 Å². The highest BCUT2D eigenvalue weighted by molar-refractivity contribution is 5.98. The second-order valence-corrected chi connectivity index (χ2v) is 2.28. The van der Waals surface area contributed by atoms with Gasteiger partial charge in [0.05, 0.1) is 6.34 Å². The molecule has 3 amide bonds. The van der Waals surface area contributed by atoms with Crippen LogP contribution in [-0.4, -0.2) is 41.8 Å². The molecule has 5 heteroatoms. The molecule has 0 N–H and O–H groups in total. The fourth-order valence-corrected chi connectivity index (χ4v) is 0.775. The summed E-state index contributed by atoms with van der Waals surface area (Å²) in [5, 5.41) is 0. The zero-order chi connectivity index (χ0) is 8.43. The minimum Gasteiger partial charge on any atom is -0.288 e. The average Bonchev–Trinajstić information content (AvgIpc) is 1.94. The third kappa shape index (κ3) is 1.36. The molecule has 1 aliphatic rings. The fraction of sp³-hybridized carbons (Fsp3) is 0.500. The molecule has 5 nitrogen and oxygen atoms in total. The second-order valence-electron chi connectivity index (χ2n) is 2.28. The molecule has 0 spiro atoms. The first-order chi connectivity index (χ1) is 5.13. The van der Waals surface area contributed by atoms with E-state index in [1.54, 1.807) is 7.05 Å². The number of amides is 3. The first-order valence-electron chi connectivity index (χ1n) is 3.18. The Morgan fingerprint density at radius 2 is 2.36 bits per heavy atom. The maximum atomic E-state index is 11.1. The average molecular weight is 155 g/mol. The maximum absolute atomic E-state index is 11.1. The van der Waals surface area contributed by atoms with E-state index in [9.17, 15) is 9.59 Å². The lowest BCUT2D eigenvalue weighted by Crippen LogP contribution is -2.46. The smallest absolute Gasteiger partial charge is 0.288 e. The number of hydrogen-bond donors (Lipinski definition) is 0. The van der Waals surface area contributed by atoms with Crippen molar-refractivity contribution in [2.24, 2.45) is 4.99 Å². The number of nitrogens with zero attached hydrogens (tertiary/aromatic N) is 3. The van der Waals surface area contributed by atoms with E-state index in [-0.39, 0.29) is 18.6 Å². The van der Waals surface area contributed by atoms with Crippen LogP contribution < -0.4 is 0 Å². The first kappa shape index (κ1) is 7.71. The molecule has 0 atom stereocenters. The molecule has 60 valence electrons. The third-order valence-electron chi connectivity index (χ3n) is 1.39. The predicted octanol–water partition coefficient (Wildman–Crippen LogP) is -0.114. The highest BCUT2D eigenvalue weighted by Crippen LogP contribution is 2.00.